The van der Waals surface area contributed by atoms with Gasteiger partial charge in [0.15, 0.2) is 0 Å². The van der Waals surface area contributed by atoms with Gasteiger partial charge in [-0.1, -0.05) is 60.6 Å². The molecule has 0 aromatic rings. The first-order valence-corrected chi connectivity index (χ1v) is 19.7. The van der Waals surface area contributed by atoms with E-state index in [0.717, 1.165) is 38.5 Å². The van der Waals surface area contributed by atoms with Crippen LogP contribution in [0.25, 0.3) is 0 Å². The van der Waals surface area contributed by atoms with Crippen LogP contribution in [0.2, 0.25) is 0 Å². The van der Waals surface area contributed by atoms with Gasteiger partial charge in [-0.15, -0.1) is 0 Å². The third kappa shape index (κ3) is 5.92. The number of carboxylic acid groups (broad SMARTS) is 1. The Kier molecular flexibility index (Phi) is 9.31. The topological polar surface area (TPSA) is 104 Å². The largest absolute Gasteiger partial charge is 0.481 e. The van der Waals surface area contributed by atoms with E-state index in [2.05, 4.69) is 48.1 Å². The second-order valence-electron chi connectivity index (χ2n) is 20.3. The lowest BCUT2D eigenvalue weighted by Crippen LogP contribution is -2.67. The van der Waals surface area contributed by atoms with Gasteiger partial charge < -0.3 is 19.8 Å². The van der Waals surface area contributed by atoms with Crippen molar-refractivity contribution in [3.63, 3.8) is 0 Å². The number of likely N-dealkylation sites (tertiary alicyclic amines) is 1. The summed E-state index contributed by atoms with van der Waals surface area (Å²) < 4.78 is 6.27. The summed E-state index contributed by atoms with van der Waals surface area (Å²) in [5.74, 6) is 1.67. The van der Waals surface area contributed by atoms with Crippen LogP contribution < -0.4 is 0 Å². The maximum atomic E-state index is 13.8. The highest BCUT2D eigenvalue weighted by Gasteiger charge is 2.71. The predicted molar refractivity (Wildman–Crippen MR) is 191 cm³/mol. The summed E-state index contributed by atoms with van der Waals surface area (Å²) in [4.78, 5) is 40.3. The van der Waals surface area contributed by atoms with E-state index in [4.69, 9.17) is 4.74 Å². The molecule has 6 rings (SSSR count). The highest BCUT2D eigenvalue weighted by atomic mass is 16.5. The van der Waals surface area contributed by atoms with Gasteiger partial charge in [-0.05, 0) is 134 Å². The van der Waals surface area contributed by atoms with Crippen LogP contribution in [-0.4, -0.2) is 58.3 Å². The minimum absolute atomic E-state index is 0.0334. The number of amides is 1. The van der Waals surface area contributed by atoms with Crippen molar-refractivity contribution in [2.75, 3.05) is 13.1 Å². The lowest BCUT2D eigenvalue weighted by atomic mass is 9.32. The van der Waals surface area contributed by atoms with Crippen molar-refractivity contribution in [2.24, 2.45) is 62.1 Å². The molecule has 6 aliphatic rings. The molecule has 5 saturated carbocycles. The van der Waals surface area contributed by atoms with Crippen molar-refractivity contribution in [1.82, 2.24) is 4.90 Å². The van der Waals surface area contributed by atoms with Crippen LogP contribution in [0, 0.1) is 62.1 Å². The van der Waals surface area contributed by atoms with E-state index in [-0.39, 0.29) is 64.0 Å². The van der Waals surface area contributed by atoms with Crippen molar-refractivity contribution in [3.05, 3.63) is 12.2 Å². The van der Waals surface area contributed by atoms with Crippen molar-refractivity contribution in [2.45, 2.75) is 157 Å². The average molecular weight is 682 g/mol. The Hall–Kier alpha value is -1.89. The molecule has 7 heteroatoms. The zero-order valence-corrected chi connectivity index (χ0v) is 32.0. The Morgan fingerprint density at radius 3 is 2.20 bits per heavy atom. The Morgan fingerprint density at radius 1 is 0.857 bits per heavy atom. The van der Waals surface area contributed by atoms with Crippen LogP contribution in [0.15, 0.2) is 12.2 Å². The number of aliphatic hydroxyl groups is 1. The fourth-order valence-corrected chi connectivity index (χ4v) is 14.2. The molecule has 1 heterocycles. The minimum Gasteiger partial charge on any atom is -0.481 e. The van der Waals surface area contributed by atoms with Gasteiger partial charge in [0, 0.05) is 24.9 Å². The lowest BCUT2D eigenvalue weighted by molar-refractivity contribution is -0.250. The number of hydrogen-bond acceptors (Lipinski definition) is 5. The summed E-state index contributed by atoms with van der Waals surface area (Å²) in [6, 6.07) is 0. The van der Waals surface area contributed by atoms with Gasteiger partial charge in [0.2, 0.25) is 5.91 Å². The first kappa shape index (κ1) is 36.9. The van der Waals surface area contributed by atoms with Gasteiger partial charge in [0.05, 0.1) is 18.9 Å². The molecule has 0 spiro atoms. The number of carbonyl (C=O) groups excluding carboxylic acids is 2. The molecular formula is C42H67NO6. The number of aliphatic carboxylic acids is 1. The van der Waals surface area contributed by atoms with E-state index < -0.39 is 11.4 Å². The number of carbonyl (C=O) groups is 3. The van der Waals surface area contributed by atoms with E-state index in [1.807, 2.05) is 18.7 Å². The van der Waals surface area contributed by atoms with Crippen molar-refractivity contribution in [3.8, 4) is 0 Å². The number of β-amino-alcohol motifs (C(OH)–C–C–N with tert-alkyl or cyclic N) is 1. The van der Waals surface area contributed by atoms with Gasteiger partial charge in [0.1, 0.15) is 6.10 Å². The maximum absolute atomic E-state index is 13.8. The zero-order valence-electron chi connectivity index (χ0n) is 32.0. The summed E-state index contributed by atoms with van der Waals surface area (Å²) in [5, 5.41) is 19.5. The molecule has 6 fully saturated rings. The van der Waals surface area contributed by atoms with E-state index >= 15 is 0 Å². The summed E-state index contributed by atoms with van der Waals surface area (Å²) in [6.07, 6.45) is 12.1. The highest BCUT2D eigenvalue weighted by molar-refractivity contribution is 5.77. The predicted octanol–water partition coefficient (Wildman–Crippen LogP) is 8.43. The molecule has 0 radical (unpaired) electrons. The Bertz CT molecular complexity index is 1350. The monoisotopic (exact) mass is 681 g/mol. The third-order valence-electron chi connectivity index (χ3n) is 16.7. The highest BCUT2D eigenvalue weighted by Crippen LogP contribution is 2.78. The molecule has 0 aromatic carbocycles. The summed E-state index contributed by atoms with van der Waals surface area (Å²) in [7, 11) is 0. The zero-order chi connectivity index (χ0) is 35.9. The Labute approximate surface area is 296 Å². The average Bonchev–Trinajstić information content (AvgIpc) is 3.58. The van der Waals surface area contributed by atoms with E-state index in [1.165, 1.54) is 31.3 Å². The number of esters is 1. The van der Waals surface area contributed by atoms with Crippen LogP contribution in [0.3, 0.4) is 0 Å². The van der Waals surface area contributed by atoms with Gasteiger partial charge in [-0.2, -0.15) is 0 Å². The first-order valence-electron chi connectivity index (χ1n) is 19.7. The Morgan fingerprint density at radius 2 is 1.57 bits per heavy atom. The molecular weight excluding hydrogens is 614 g/mol. The molecule has 11 atom stereocenters. The normalized spacial score (nSPS) is 44.3. The SMILES string of the molecule is C=C(C)[C@@H]1CC[C@]2(CC(=O)N3CC[C@H](O)C3)CC[C@]3(C)[C@H](CC[C@@H]4[C@@]5(C)CC[C@H](OC(=O)CC(C)(C)CC(=O)O)C(C)(C)[C@@H]5CC[C@]43C)[C@@H]12. The maximum Gasteiger partial charge on any atom is 0.306 e. The molecule has 7 nitrogen and oxygen atoms in total. The molecule has 0 unspecified atom stereocenters. The van der Waals surface area contributed by atoms with Gasteiger partial charge in [-0.25, -0.2) is 0 Å². The summed E-state index contributed by atoms with van der Waals surface area (Å²) >= 11 is 0. The minimum atomic E-state index is -0.886. The number of allylic oxidation sites excluding steroid dienone is 1. The molecule has 0 aromatic heterocycles. The third-order valence-corrected chi connectivity index (χ3v) is 16.7. The fourth-order valence-electron chi connectivity index (χ4n) is 14.2. The number of carboxylic acids is 1. The molecule has 1 saturated heterocycles. The molecule has 0 bridgehead atoms. The quantitative estimate of drug-likeness (QED) is 0.197. The van der Waals surface area contributed by atoms with Gasteiger partial charge in [-0.3, -0.25) is 14.4 Å². The van der Waals surface area contributed by atoms with Crippen LogP contribution >= 0.6 is 0 Å². The molecule has 1 aliphatic heterocycles. The standard InChI is InChI=1S/C42H67NO6/c1-26(2)28-12-18-42(22-33(45)43-21-15-27(44)25-43)20-19-40(8)29(36(28)42)10-11-31-39(7)16-14-32(38(5,6)30(39)13-17-41(31,40)9)49-35(48)24-37(3,4)23-34(46)47/h27-32,36,44H,1,10-25H2,2-9H3,(H,46,47)/t27-,28-,29+,30-,31+,32-,36+,39-,40+,41+,42+/m0/s1. The first-order chi connectivity index (χ1) is 22.7. The van der Waals surface area contributed by atoms with Crippen LogP contribution in [-0.2, 0) is 19.1 Å². The summed E-state index contributed by atoms with van der Waals surface area (Å²) in [5.41, 5.74) is 1.06. The molecule has 1 amide bonds. The van der Waals surface area contributed by atoms with Crippen molar-refractivity contribution >= 4 is 17.8 Å². The molecule has 5 aliphatic carbocycles. The second kappa shape index (κ2) is 12.4. The summed E-state index contributed by atoms with van der Waals surface area (Å²) in [6.45, 7) is 24.1. The van der Waals surface area contributed by atoms with Crippen molar-refractivity contribution < 1.29 is 29.3 Å². The smallest absolute Gasteiger partial charge is 0.306 e. The number of nitrogens with zero attached hydrogens (tertiary/aromatic N) is 1. The number of aliphatic hydroxyl groups excluding tert-OH is 1. The molecule has 276 valence electrons. The molecule has 2 N–H and O–H groups in total. The van der Waals surface area contributed by atoms with E-state index in [0.29, 0.717) is 55.5 Å². The molecule has 49 heavy (non-hydrogen) atoms. The van der Waals surface area contributed by atoms with Gasteiger partial charge in [0.25, 0.3) is 0 Å². The van der Waals surface area contributed by atoms with E-state index in [9.17, 15) is 24.6 Å². The lowest BCUT2D eigenvalue weighted by Gasteiger charge is -2.73. The van der Waals surface area contributed by atoms with Crippen LogP contribution in [0.5, 0.6) is 0 Å². The van der Waals surface area contributed by atoms with Crippen molar-refractivity contribution in [1.29, 1.82) is 0 Å². The fraction of sp³-hybridized carbons (Fsp3) is 0.881. The van der Waals surface area contributed by atoms with Crippen LogP contribution in [0.1, 0.15) is 145 Å². The number of hydrogen-bond donors (Lipinski definition) is 2. The Balaban J connectivity index is 1.23. The second-order valence-corrected chi connectivity index (χ2v) is 20.3. The van der Waals surface area contributed by atoms with E-state index in [1.54, 1.807) is 0 Å². The number of fused-ring (bicyclic) bond motifs is 7. The van der Waals surface area contributed by atoms with Crippen LogP contribution in [0.4, 0.5) is 0 Å². The van der Waals surface area contributed by atoms with Gasteiger partial charge >= 0.3 is 11.9 Å². The number of ether oxygens (including phenoxy) is 1. The number of rotatable bonds is 8.